The van der Waals surface area contributed by atoms with Gasteiger partial charge in [0.1, 0.15) is 0 Å². The summed E-state index contributed by atoms with van der Waals surface area (Å²) in [6.45, 7) is 32.4. The first-order chi connectivity index (χ1) is 14.7. The van der Waals surface area contributed by atoms with Gasteiger partial charge in [-0.2, -0.15) is 0 Å². The van der Waals surface area contributed by atoms with Gasteiger partial charge in [-0.05, 0) is 40.2 Å². The number of ether oxygens (including phenoxy) is 1. The van der Waals surface area contributed by atoms with E-state index in [0.29, 0.717) is 45.1 Å². The normalized spacial score (nSPS) is 28.7. The van der Waals surface area contributed by atoms with Gasteiger partial charge in [0.05, 0.1) is 11.7 Å². The Labute approximate surface area is 202 Å². The van der Waals surface area contributed by atoms with Crippen molar-refractivity contribution in [3.8, 4) is 0 Å². The van der Waals surface area contributed by atoms with Crippen molar-refractivity contribution in [1.29, 1.82) is 0 Å². The molecule has 0 N–H and O–H groups in total. The lowest BCUT2D eigenvalue weighted by Crippen LogP contribution is -2.52. The van der Waals surface area contributed by atoms with Gasteiger partial charge in [0, 0.05) is 25.0 Å². The second-order valence-electron chi connectivity index (χ2n) is 12.7. The first-order valence-corrected chi connectivity index (χ1v) is 17.6. The molecule has 2 rings (SSSR count). The van der Waals surface area contributed by atoms with Gasteiger partial charge in [-0.1, -0.05) is 95.2 Å². The molecule has 0 amide bonds. The van der Waals surface area contributed by atoms with Crippen LogP contribution in [0, 0.1) is 11.8 Å². The van der Waals surface area contributed by atoms with Crippen molar-refractivity contribution in [3.05, 3.63) is 12.2 Å². The number of hydrogen-bond acceptors (Lipinski definition) is 3. The summed E-state index contributed by atoms with van der Waals surface area (Å²) in [5.74, 6) is 0.741. The molecule has 32 heavy (non-hydrogen) atoms. The number of fused-ring (bicyclic) bond motifs is 2. The van der Waals surface area contributed by atoms with Gasteiger partial charge in [0.2, 0.25) is 0 Å². The highest BCUT2D eigenvalue weighted by Crippen LogP contribution is 2.51. The molecule has 0 spiro atoms. The Morgan fingerprint density at radius 2 is 1.06 bits per heavy atom. The Balaban J connectivity index is 2.28. The van der Waals surface area contributed by atoms with Crippen molar-refractivity contribution in [2.24, 2.45) is 11.8 Å². The maximum atomic E-state index is 7.10. The summed E-state index contributed by atoms with van der Waals surface area (Å²) in [6, 6.07) is 0. The fourth-order valence-electron chi connectivity index (χ4n) is 7.73. The highest BCUT2D eigenvalue weighted by molar-refractivity contribution is 6.78. The van der Waals surface area contributed by atoms with Gasteiger partial charge in [0.15, 0.2) is 16.6 Å². The predicted octanol–water partition coefficient (Wildman–Crippen LogP) is 8.33. The monoisotopic (exact) mass is 482 g/mol. The Hall–Kier alpha value is 0.0538. The fraction of sp³-hybridized carbons (Fsp3) is 0.926. The van der Waals surface area contributed by atoms with E-state index in [-0.39, 0.29) is 11.7 Å². The van der Waals surface area contributed by atoms with Crippen LogP contribution in [0.1, 0.15) is 90.0 Å². The van der Waals surface area contributed by atoms with Gasteiger partial charge in [-0.15, -0.1) is 0 Å². The highest BCUT2D eigenvalue weighted by Gasteiger charge is 2.56. The number of rotatable bonds is 12. The van der Waals surface area contributed by atoms with E-state index in [9.17, 15) is 0 Å². The Kier molecular flexibility index (Phi) is 9.15. The van der Waals surface area contributed by atoms with Crippen LogP contribution in [0.5, 0.6) is 0 Å². The molecule has 2 heterocycles. The average molecular weight is 483 g/mol. The molecule has 0 aromatic heterocycles. The standard InChI is InChI=1S/C27H54O3Si2/c1-18(2)31(19(3)4,20(5)6)28-16-24-25(27(13)15-14-26(24)30-27)17-29-32(21(7)8,22(9)10)23(11)12/h14-15,18-26H,16-17H2,1-13H3/t24-,25+,26+,27-/m0/s1. The second-order valence-corrected chi connectivity index (χ2v) is 23.6. The fourth-order valence-corrected chi connectivity index (χ4v) is 18.7. The zero-order valence-corrected chi connectivity index (χ0v) is 25.5. The summed E-state index contributed by atoms with van der Waals surface area (Å²) in [6.07, 6.45) is 4.75. The average Bonchev–Trinajstić information content (AvgIpc) is 3.15. The topological polar surface area (TPSA) is 27.7 Å². The van der Waals surface area contributed by atoms with Crippen LogP contribution in [0.15, 0.2) is 12.2 Å². The molecule has 1 fully saturated rings. The van der Waals surface area contributed by atoms with Crippen LogP contribution >= 0.6 is 0 Å². The largest absolute Gasteiger partial charge is 0.416 e. The molecule has 0 radical (unpaired) electrons. The van der Waals surface area contributed by atoms with E-state index in [1.54, 1.807) is 0 Å². The van der Waals surface area contributed by atoms with Crippen molar-refractivity contribution in [3.63, 3.8) is 0 Å². The number of hydrogen-bond donors (Lipinski definition) is 0. The van der Waals surface area contributed by atoms with Crippen LogP contribution in [0.3, 0.4) is 0 Å². The van der Waals surface area contributed by atoms with E-state index in [1.807, 2.05) is 0 Å². The van der Waals surface area contributed by atoms with Crippen molar-refractivity contribution in [2.45, 2.75) is 135 Å². The third-order valence-electron chi connectivity index (χ3n) is 9.13. The lowest BCUT2D eigenvalue weighted by Gasteiger charge is -2.45. The van der Waals surface area contributed by atoms with Crippen molar-refractivity contribution >= 4 is 16.6 Å². The van der Waals surface area contributed by atoms with Crippen LogP contribution in [-0.2, 0) is 13.6 Å². The van der Waals surface area contributed by atoms with E-state index >= 15 is 0 Å². The predicted molar refractivity (Wildman–Crippen MR) is 143 cm³/mol. The molecular formula is C27H54O3Si2. The molecule has 3 nitrogen and oxygen atoms in total. The zero-order valence-electron chi connectivity index (χ0n) is 23.5. The molecule has 4 atom stereocenters. The third kappa shape index (κ3) is 4.75. The molecule has 5 heteroatoms. The smallest absolute Gasteiger partial charge is 0.200 e. The van der Waals surface area contributed by atoms with Gasteiger partial charge in [-0.25, -0.2) is 0 Å². The molecule has 1 saturated heterocycles. The summed E-state index contributed by atoms with van der Waals surface area (Å²) >= 11 is 0. The van der Waals surface area contributed by atoms with E-state index in [4.69, 9.17) is 13.6 Å². The van der Waals surface area contributed by atoms with Crippen LogP contribution in [-0.4, -0.2) is 41.6 Å². The molecule has 0 unspecified atom stereocenters. The van der Waals surface area contributed by atoms with Crippen molar-refractivity contribution < 1.29 is 13.6 Å². The first kappa shape index (κ1) is 28.3. The van der Waals surface area contributed by atoms with Crippen LogP contribution in [0.4, 0.5) is 0 Å². The summed E-state index contributed by atoms with van der Waals surface area (Å²) in [4.78, 5) is 0. The molecule has 0 aromatic carbocycles. The Bertz CT molecular complexity index is 597. The molecule has 2 aliphatic heterocycles. The van der Waals surface area contributed by atoms with Crippen molar-refractivity contribution in [2.75, 3.05) is 13.2 Å². The first-order valence-electron chi connectivity index (χ1n) is 13.3. The molecule has 2 bridgehead atoms. The summed E-state index contributed by atoms with van der Waals surface area (Å²) in [7, 11) is -3.81. The lowest BCUT2D eigenvalue weighted by atomic mass is 9.77. The van der Waals surface area contributed by atoms with Crippen molar-refractivity contribution in [1.82, 2.24) is 0 Å². The van der Waals surface area contributed by atoms with E-state index in [2.05, 4.69) is 102 Å². The van der Waals surface area contributed by atoms with Crippen LogP contribution in [0.25, 0.3) is 0 Å². The van der Waals surface area contributed by atoms with Gasteiger partial charge in [0.25, 0.3) is 0 Å². The van der Waals surface area contributed by atoms with Crippen LogP contribution < -0.4 is 0 Å². The SMILES string of the molecule is CC(C)[Si](OC[C@H]1[C@@H](CO[Si](C(C)C)(C(C)C)C(C)C)[C@]2(C)C=C[C@H]1O2)(C(C)C)C(C)C. The highest BCUT2D eigenvalue weighted by atomic mass is 28.4. The molecule has 0 aromatic rings. The minimum Gasteiger partial charge on any atom is -0.416 e. The molecule has 188 valence electrons. The van der Waals surface area contributed by atoms with Gasteiger partial charge >= 0.3 is 0 Å². The van der Waals surface area contributed by atoms with Crippen LogP contribution in [0.2, 0.25) is 33.2 Å². The Morgan fingerprint density at radius 3 is 1.44 bits per heavy atom. The molecule has 0 aliphatic carbocycles. The molecule has 2 aliphatic rings. The quantitative estimate of drug-likeness (QED) is 0.207. The molecular weight excluding hydrogens is 428 g/mol. The van der Waals surface area contributed by atoms with E-state index in [0.717, 1.165) is 13.2 Å². The zero-order chi connectivity index (χ0) is 24.6. The maximum absolute atomic E-state index is 7.10. The van der Waals surface area contributed by atoms with Gasteiger partial charge in [-0.3, -0.25) is 0 Å². The lowest BCUT2D eigenvalue weighted by molar-refractivity contribution is 0.0158. The minimum atomic E-state index is -1.91. The summed E-state index contributed by atoms with van der Waals surface area (Å²) < 4.78 is 20.7. The third-order valence-corrected chi connectivity index (χ3v) is 21.3. The maximum Gasteiger partial charge on any atom is 0.200 e. The Morgan fingerprint density at radius 1 is 0.688 bits per heavy atom. The van der Waals surface area contributed by atoms with E-state index in [1.165, 1.54) is 0 Å². The van der Waals surface area contributed by atoms with E-state index < -0.39 is 16.6 Å². The second kappa shape index (κ2) is 10.4. The summed E-state index contributed by atoms with van der Waals surface area (Å²) in [5.41, 5.74) is 3.39. The molecule has 0 saturated carbocycles. The minimum absolute atomic E-state index is 0.167. The van der Waals surface area contributed by atoms with Gasteiger partial charge < -0.3 is 13.6 Å². The summed E-state index contributed by atoms with van der Waals surface area (Å²) in [5, 5.41) is 0.